The van der Waals surface area contributed by atoms with Crippen molar-refractivity contribution in [1.29, 1.82) is 0 Å². The minimum Gasteiger partial charge on any atom is -0.461 e. The van der Waals surface area contributed by atoms with E-state index in [2.05, 4.69) is 17.2 Å². The van der Waals surface area contributed by atoms with Gasteiger partial charge in [0.1, 0.15) is 0 Å². The molecule has 2 atom stereocenters. The number of esters is 1. The Balaban J connectivity index is 2.29. The Kier molecular flexibility index (Phi) is 5.11. The fourth-order valence-electron chi connectivity index (χ4n) is 3.11. The van der Waals surface area contributed by atoms with Gasteiger partial charge in [0.15, 0.2) is 5.69 Å². The molecule has 1 heterocycles. The minimum atomic E-state index is -0.428. The second-order valence-electron chi connectivity index (χ2n) is 5.27. The van der Waals surface area contributed by atoms with Crippen LogP contribution in [0.2, 0.25) is 0 Å². The molecule has 112 valence electrons. The molecule has 1 aliphatic carbocycles. The molecule has 2 N–H and O–H groups in total. The minimum absolute atomic E-state index is 0.258. The first-order valence-corrected chi connectivity index (χ1v) is 7.54. The normalized spacial score (nSPS) is 22.8. The zero-order valence-electron chi connectivity index (χ0n) is 12.3. The van der Waals surface area contributed by atoms with E-state index in [1.54, 1.807) is 6.92 Å². The van der Waals surface area contributed by atoms with Gasteiger partial charge < -0.3 is 10.5 Å². The molecule has 0 aromatic carbocycles. The Labute approximate surface area is 119 Å². The third-order valence-electron chi connectivity index (χ3n) is 4.16. The first-order chi connectivity index (χ1) is 9.72. The topological polar surface area (TPSA) is 83.0 Å². The van der Waals surface area contributed by atoms with Crippen molar-refractivity contribution in [3.8, 4) is 0 Å². The van der Waals surface area contributed by atoms with E-state index in [9.17, 15) is 4.79 Å². The van der Waals surface area contributed by atoms with E-state index in [1.807, 2.05) is 4.68 Å². The second kappa shape index (κ2) is 6.83. The van der Waals surface area contributed by atoms with Crippen LogP contribution in [0.5, 0.6) is 0 Å². The molecule has 0 amide bonds. The number of hydrogen-bond donors (Lipinski definition) is 1. The average molecular weight is 280 g/mol. The molecule has 6 nitrogen and oxygen atoms in total. The Morgan fingerprint density at radius 3 is 2.80 bits per heavy atom. The number of nitrogens with zero attached hydrogens (tertiary/aromatic N) is 3. The summed E-state index contributed by atoms with van der Waals surface area (Å²) in [7, 11) is 0. The summed E-state index contributed by atoms with van der Waals surface area (Å²) in [5.41, 5.74) is 6.79. The van der Waals surface area contributed by atoms with Gasteiger partial charge in [-0.2, -0.15) is 0 Å². The summed E-state index contributed by atoms with van der Waals surface area (Å²) in [6.45, 7) is 4.57. The molecule has 0 spiro atoms. The lowest BCUT2D eigenvalue weighted by Crippen LogP contribution is -2.26. The number of aromatic nitrogens is 3. The maximum Gasteiger partial charge on any atom is 0.360 e. The molecule has 1 aliphatic rings. The molecular weight excluding hydrogens is 256 g/mol. The zero-order chi connectivity index (χ0) is 14.5. The van der Waals surface area contributed by atoms with Gasteiger partial charge in [-0.25, -0.2) is 9.48 Å². The summed E-state index contributed by atoms with van der Waals surface area (Å²) < 4.78 is 6.89. The van der Waals surface area contributed by atoms with Crippen molar-refractivity contribution in [2.24, 2.45) is 11.7 Å². The molecule has 1 aromatic heterocycles. The number of carbonyl (C=O) groups excluding carboxylic acids is 1. The smallest absolute Gasteiger partial charge is 0.360 e. The van der Waals surface area contributed by atoms with E-state index >= 15 is 0 Å². The molecule has 0 radical (unpaired) electrons. The summed E-state index contributed by atoms with van der Waals surface area (Å²) in [6, 6.07) is 0.308. The van der Waals surface area contributed by atoms with Gasteiger partial charge in [0.25, 0.3) is 0 Å². The third-order valence-corrected chi connectivity index (χ3v) is 4.16. The lowest BCUT2D eigenvalue weighted by atomic mass is 9.83. The highest BCUT2D eigenvalue weighted by Gasteiger charge is 2.30. The van der Waals surface area contributed by atoms with Crippen molar-refractivity contribution >= 4 is 5.97 Å². The van der Waals surface area contributed by atoms with E-state index in [4.69, 9.17) is 10.5 Å². The van der Waals surface area contributed by atoms with Gasteiger partial charge >= 0.3 is 5.97 Å². The van der Waals surface area contributed by atoms with Gasteiger partial charge in [0.2, 0.25) is 0 Å². The summed E-state index contributed by atoms with van der Waals surface area (Å²) >= 11 is 0. The quantitative estimate of drug-likeness (QED) is 0.835. The lowest BCUT2D eigenvalue weighted by molar-refractivity contribution is 0.0518. The van der Waals surface area contributed by atoms with Crippen LogP contribution in [0.25, 0.3) is 0 Å². The van der Waals surface area contributed by atoms with E-state index in [-0.39, 0.29) is 12.2 Å². The Morgan fingerprint density at radius 1 is 1.40 bits per heavy atom. The summed E-state index contributed by atoms with van der Waals surface area (Å²) in [6.07, 6.45) is 5.87. The largest absolute Gasteiger partial charge is 0.461 e. The molecule has 6 heteroatoms. The summed E-state index contributed by atoms with van der Waals surface area (Å²) in [5.74, 6) is 0.161. The summed E-state index contributed by atoms with van der Waals surface area (Å²) in [4.78, 5) is 11.9. The lowest BCUT2D eigenvalue weighted by Gasteiger charge is -2.31. The van der Waals surface area contributed by atoms with Crippen molar-refractivity contribution in [2.45, 2.75) is 58.5 Å². The molecule has 1 fully saturated rings. The van der Waals surface area contributed by atoms with Gasteiger partial charge in [-0.05, 0) is 25.7 Å². The van der Waals surface area contributed by atoms with Crippen LogP contribution in [-0.4, -0.2) is 27.6 Å². The number of carbonyl (C=O) groups is 1. The van der Waals surface area contributed by atoms with Crippen LogP contribution in [0.15, 0.2) is 0 Å². The average Bonchev–Trinajstić information content (AvgIpc) is 2.91. The number of rotatable bonds is 5. The number of nitrogens with two attached hydrogens (primary N) is 1. The highest BCUT2D eigenvalue weighted by atomic mass is 16.5. The molecule has 1 saturated carbocycles. The highest BCUT2D eigenvalue weighted by Crippen LogP contribution is 2.36. The highest BCUT2D eigenvalue weighted by molar-refractivity contribution is 5.88. The van der Waals surface area contributed by atoms with Gasteiger partial charge in [0, 0.05) is 6.54 Å². The van der Waals surface area contributed by atoms with Crippen molar-refractivity contribution < 1.29 is 9.53 Å². The molecule has 20 heavy (non-hydrogen) atoms. The van der Waals surface area contributed by atoms with Crippen molar-refractivity contribution in [2.75, 3.05) is 6.61 Å². The van der Waals surface area contributed by atoms with Crippen LogP contribution in [0.1, 0.15) is 68.2 Å². The van der Waals surface area contributed by atoms with Gasteiger partial charge in [-0.15, -0.1) is 5.10 Å². The molecule has 2 unspecified atom stereocenters. The Morgan fingerprint density at radius 2 is 2.15 bits per heavy atom. The second-order valence-corrected chi connectivity index (χ2v) is 5.27. The van der Waals surface area contributed by atoms with E-state index in [1.165, 1.54) is 19.3 Å². The van der Waals surface area contributed by atoms with Gasteiger partial charge in [-0.1, -0.05) is 31.4 Å². The van der Waals surface area contributed by atoms with Crippen LogP contribution >= 0.6 is 0 Å². The standard InChI is InChI=1S/C14H24N4O2/c1-3-10-7-5-6-8-11(10)18-12(9-15)13(16-17-18)14(19)20-4-2/h10-11H,3-9,15H2,1-2H3. The predicted octanol–water partition coefficient (Wildman–Crippen LogP) is 2.05. The number of hydrogen-bond acceptors (Lipinski definition) is 5. The Bertz CT molecular complexity index is 458. The van der Waals surface area contributed by atoms with E-state index in [0.29, 0.717) is 24.3 Å². The van der Waals surface area contributed by atoms with Gasteiger partial charge in [-0.3, -0.25) is 0 Å². The molecule has 0 saturated heterocycles. The van der Waals surface area contributed by atoms with Crippen LogP contribution < -0.4 is 5.73 Å². The molecule has 1 aromatic rings. The first-order valence-electron chi connectivity index (χ1n) is 7.54. The van der Waals surface area contributed by atoms with Crippen LogP contribution in [0.4, 0.5) is 0 Å². The van der Waals surface area contributed by atoms with E-state index < -0.39 is 5.97 Å². The maximum atomic E-state index is 11.9. The van der Waals surface area contributed by atoms with E-state index in [0.717, 1.165) is 12.8 Å². The summed E-state index contributed by atoms with van der Waals surface area (Å²) in [5, 5.41) is 8.21. The predicted molar refractivity (Wildman–Crippen MR) is 75.2 cm³/mol. The maximum absolute atomic E-state index is 11.9. The fourth-order valence-corrected chi connectivity index (χ4v) is 3.11. The van der Waals surface area contributed by atoms with Gasteiger partial charge in [0.05, 0.1) is 18.3 Å². The Hall–Kier alpha value is -1.43. The van der Waals surface area contributed by atoms with Crippen molar-refractivity contribution in [3.05, 3.63) is 11.4 Å². The SMILES string of the molecule is CCOC(=O)c1nnn(C2CCCCC2CC)c1CN. The monoisotopic (exact) mass is 280 g/mol. The molecule has 0 bridgehead atoms. The van der Waals surface area contributed by atoms with Crippen LogP contribution in [-0.2, 0) is 11.3 Å². The van der Waals surface area contributed by atoms with Crippen LogP contribution in [0, 0.1) is 5.92 Å². The molecule has 2 rings (SSSR count). The third kappa shape index (κ3) is 2.85. The fraction of sp³-hybridized carbons (Fsp3) is 0.786. The molecular formula is C14H24N4O2. The van der Waals surface area contributed by atoms with Crippen molar-refractivity contribution in [1.82, 2.24) is 15.0 Å². The van der Waals surface area contributed by atoms with Crippen molar-refractivity contribution in [3.63, 3.8) is 0 Å². The van der Waals surface area contributed by atoms with Crippen LogP contribution in [0.3, 0.4) is 0 Å². The number of ether oxygens (including phenoxy) is 1. The zero-order valence-corrected chi connectivity index (χ0v) is 12.3. The first kappa shape index (κ1) is 15.0. The molecule has 0 aliphatic heterocycles.